The number of benzene rings is 1. The molecule has 0 aliphatic heterocycles. The fourth-order valence-corrected chi connectivity index (χ4v) is 1.96. The van der Waals surface area contributed by atoms with Crippen molar-refractivity contribution in [2.75, 3.05) is 11.9 Å². The third-order valence-electron chi connectivity index (χ3n) is 2.99. The Balaban J connectivity index is 2.34. The Bertz CT molecular complexity index is 606. The van der Waals surface area contributed by atoms with Crippen molar-refractivity contribution < 1.29 is 18.7 Å². The Labute approximate surface area is 110 Å². The van der Waals surface area contributed by atoms with Gasteiger partial charge in [0.25, 0.3) is 0 Å². The molecule has 0 saturated heterocycles. The summed E-state index contributed by atoms with van der Waals surface area (Å²) >= 11 is 0. The molecular formula is C14H14FNO3. The zero-order valence-corrected chi connectivity index (χ0v) is 10.7. The summed E-state index contributed by atoms with van der Waals surface area (Å²) in [6.07, 6.45) is 1.57. The highest BCUT2D eigenvalue weighted by atomic mass is 19.1. The van der Waals surface area contributed by atoms with Crippen molar-refractivity contribution in [3.05, 3.63) is 53.2 Å². The largest absolute Gasteiger partial charge is 0.478 e. The summed E-state index contributed by atoms with van der Waals surface area (Å²) < 4.78 is 18.8. The van der Waals surface area contributed by atoms with Crippen LogP contribution in [-0.2, 0) is 6.54 Å². The van der Waals surface area contributed by atoms with E-state index in [0.29, 0.717) is 12.2 Å². The highest BCUT2D eigenvalue weighted by Crippen LogP contribution is 2.24. The molecular weight excluding hydrogens is 249 g/mol. The average molecular weight is 263 g/mol. The molecule has 0 spiro atoms. The van der Waals surface area contributed by atoms with Gasteiger partial charge in [-0.25, -0.2) is 9.18 Å². The highest BCUT2D eigenvalue weighted by Gasteiger charge is 2.18. The number of anilines is 1. The number of aryl methyl sites for hydroxylation is 1. The second kappa shape index (κ2) is 5.14. The molecule has 1 heterocycles. The van der Waals surface area contributed by atoms with Crippen LogP contribution in [0, 0.1) is 12.7 Å². The van der Waals surface area contributed by atoms with Crippen LogP contribution in [-0.4, -0.2) is 18.1 Å². The van der Waals surface area contributed by atoms with Gasteiger partial charge in [0.15, 0.2) is 0 Å². The zero-order valence-electron chi connectivity index (χ0n) is 10.7. The van der Waals surface area contributed by atoms with E-state index in [0.717, 1.165) is 17.4 Å². The molecule has 100 valence electrons. The van der Waals surface area contributed by atoms with Crippen molar-refractivity contribution in [1.29, 1.82) is 0 Å². The first-order valence-electron chi connectivity index (χ1n) is 5.76. The predicted molar refractivity (Wildman–Crippen MR) is 68.9 cm³/mol. The number of carboxylic acids is 1. The van der Waals surface area contributed by atoms with Crippen molar-refractivity contribution in [3.8, 4) is 0 Å². The van der Waals surface area contributed by atoms with Gasteiger partial charge in [0.1, 0.15) is 17.1 Å². The smallest absolute Gasteiger partial charge is 0.340 e. The topological polar surface area (TPSA) is 53.7 Å². The minimum absolute atomic E-state index is 0.314. The van der Waals surface area contributed by atoms with E-state index in [4.69, 9.17) is 9.52 Å². The first-order valence-corrected chi connectivity index (χ1v) is 5.76. The minimum atomic E-state index is -1.27. The number of nitrogens with zero attached hydrogens (tertiary/aromatic N) is 1. The first-order chi connectivity index (χ1) is 9.00. The van der Waals surface area contributed by atoms with E-state index < -0.39 is 11.8 Å². The van der Waals surface area contributed by atoms with Crippen LogP contribution in [0.4, 0.5) is 10.1 Å². The van der Waals surface area contributed by atoms with Gasteiger partial charge < -0.3 is 14.4 Å². The van der Waals surface area contributed by atoms with E-state index in [9.17, 15) is 9.18 Å². The molecule has 0 atom stereocenters. The summed E-state index contributed by atoms with van der Waals surface area (Å²) in [7, 11) is 1.72. The average Bonchev–Trinajstić information content (AvgIpc) is 2.74. The Hall–Kier alpha value is -2.30. The quantitative estimate of drug-likeness (QED) is 0.921. The maximum Gasteiger partial charge on any atom is 0.340 e. The Morgan fingerprint density at radius 3 is 2.74 bits per heavy atom. The molecule has 0 bridgehead atoms. The molecule has 0 aliphatic rings. The van der Waals surface area contributed by atoms with Crippen LogP contribution in [0.5, 0.6) is 0 Å². The summed E-state index contributed by atoms with van der Waals surface area (Å²) in [5.41, 5.74) is 0.961. The van der Waals surface area contributed by atoms with E-state index in [1.165, 1.54) is 6.07 Å². The summed E-state index contributed by atoms with van der Waals surface area (Å²) in [4.78, 5) is 12.8. The van der Waals surface area contributed by atoms with Gasteiger partial charge >= 0.3 is 5.97 Å². The van der Waals surface area contributed by atoms with Crippen LogP contribution in [0.15, 0.2) is 34.9 Å². The number of halogens is 1. The number of rotatable bonds is 4. The van der Waals surface area contributed by atoms with E-state index in [2.05, 4.69) is 0 Å². The van der Waals surface area contributed by atoms with E-state index in [1.807, 2.05) is 13.0 Å². The second-order valence-electron chi connectivity index (χ2n) is 4.30. The number of aromatic carboxylic acids is 1. The van der Waals surface area contributed by atoms with E-state index in [-0.39, 0.29) is 5.56 Å². The van der Waals surface area contributed by atoms with Crippen molar-refractivity contribution in [3.63, 3.8) is 0 Å². The van der Waals surface area contributed by atoms with Gasteiger partial charge in [0, 0.05) is 19.2 Å². The van der Waals surface area contributed by atoms with Crippen LogP contribution >= 0.6 is 0 Å². The van der Waals surface area contributed by atoms with E-state index in [1.54, 1.807) is 24.3 Å². The third kappa shape index (κ3) is 2.59. The molecule has 1 aromatic carbocycles. The van der Waals surface area contributed by atoms with Crippen molar-refractivity contribution in [2.24, 2.45) is 0 Å². The van der Waals surface area contributed by atoms with Crippen LogP contribution in [0.25, 0.3) is 0 Å². The summed E-state index contributed by atoms with van der Waals surface area (Å²) in [6.45, 7) is 2.28. The second-order valence-corrected chi connectivity index (χ2v) is 4.30. The Morgan fingerprint density at radius 2 is 2.16 bits per heavy atom. The SMILES string of the molecule is Cc1occc1CN(C)c1cccc(F)c1C(=O)O. The van der Waals surface area contributed by atoms with Crippen LogP contribution < -0.4 is 4.90 Å². The zero-order chi connectivity index (χ0) is 14.0. The van der Waals surface area contributed by atoms with Gasteiger partial charge in [-0.05, 0) is 25.1 Å². The molecule has 0 saturated carbocycles. The predicted octanol–water partition coefficient (Wildman–Crippen LogP) is 3.06. The summed E-state index contributed by atoms with van der Waals surface area (Å²) in [5, 5.41) is 9.09. The van der Waals surface area contributed by atoms with Crippen LogP contribution in [0.1, 0.15) is 21.7 Å². The lowest BCUT2D eigenvalue weighted by Gasteiger charge is -2.21. The van der Waals surface area contributed by atoms with Gasteiger partial charge in [-0.1, -0.05) is 6.07 Å². The highest BCUT2D eigenvalue weighted by molar-refractivity contribution is 5.94. The van der Waals surface area contributed by atoms with Gasteiger partial charge in [-0.15, -0.1) is 0 Å². The molecule has 0 fully saturated rings. The molecule has 1 aromatic heterocycles. The van der Waals surface area contributed by atoms with Gasteiger partial charge in [-0.3, -0.25) is 0 Å². The minimum Gasteiger partial charge on any atom is -0.478 e. The number of furan rings is 1. The lowest BCUT2D eigenvalue weighted by atomic mass is 10.1. The number of hydrogen-bond acceptors (Lipinski definition) is 3. The van der Waals surface area contributed by atoms with Crippen molar-refractivity contribution >= 4 is 11.7 Å². The Morgan fingerprint density at radius 1 is 1.42 bits per heavy atom. The molecule has 0 aliphatic carbocycles. The normalized spacial score (nSPS) is 10.5. The summed E-state index contributed by atoms with van der Waals surface area (Å²) in [5.74, 6) is -1.25. The molecule has 0 amide bonds. The van der Waals surface area contributed by atoms with Crippen molar-refractivity contribution in [1.82, 2.24) is 0 Å². The third-order valence-corrected chi connectivity index (χ3v) is 2.99. The molecule has 0 radical (unpaired) electrons. The molecule has 4 nitrogen and oxygen atoms in total. The Kier molecular flexibility index (Phi) is 3.55. The molecule has 2 rings (SSSR count). The summed E-state index contributed by atoms with van der Waals surface area (Å²) in [6, 6.07) is 6.03. The molecule has 0 unspecified atom stereocenters. The first kappa shape index (κ1) is 13.1. The molecule has 5 heteroatoms. The lowest BCUT2D eigenvalue weighted by molar-refractivity contribution is 0.0692. The maximum atomic E-state index is 13.6. The monoisotopic (exact) mass is 263 g/mol. The fourth-order valence-electron chi connectivity index (χ4n) is 1.96. The van der Waals surface area contributed by atoms with Gasteiger partial charge in [0.2, 0.25) is 0 Å². The van der Waals surface area contributed by atoms with Gasteiger partial charge in [-0.2, -0.15) is 0 Å². The molecule has 1 N–H and O–H groups in total. The van der Waals surface area contributed by atoms with Crippen molar-refractivity contribution in [2.45, 2.75) is 13.5 Å². The number of carboxylic acid groups (broad SMARTS) is 1. The number of hydrogen-bond donors (Lipinski definition) is 1. The lowest BCUT2D eigenvalue weighted by Crippen LogP contribution is -2.20. The van der Waals surface area contributed by atoms with E-state index >= 15 is 0 Å². The standard InChI is InChI=1S/C14H14FNO3/c1-9-10(6-7-19-9)8-16(2)12-5-3-4-11(15)13(12)14(17)18/h3-7H,8H2,1-2H3,(H,17,18). The number of carbonyl (C=O) groups is 1. The molecule has 19 heavy (non-hydrogen) atoms. The van der Waals surface area contributed by atoms with Crippen LogP contribution in [0.3, 0.4) is 0 Å². The fraction of sp³-hybridized carbons (Fsp3) is 0.214. The maximum absolute atomic E-state index is 13.6. The van der Waals surface area contributed by atoms with Gasteiger partial charge in [0.05, 0.1) is 12.0 Å². The van der Waals surface area contributed by atoms with Crippen LogP contribution in [0.2, 0.25) is 0 Å². The molecule has 2 aromatic rings.